The fourth-order valence-electron chi connectivity index (χ4n) is 6.02. The first-order valence-electron chi connectivity index (χ1n) is 14.1. The molecule has 190 valence electrons. The fraction of sp³-hybridized carbons (Fsp3) is 0.412. The van der Waals surface area contributed by atoms with Crippen LogP contribution in [-0.2, 0) is 13.0 Å². The van der Waals surface area contributed by atoms with Crippen molar-refractivity contribution in [2.75, 3.05) is 6.54 Å². The molecule has 2 unspecified atom stereocenters. The van der Waals surface area contributed by atoms with Crippen LogP contribution in [0.3, 0.4) is 0 Å². The molecule has 0 saturated carbocycles. The monoisotopic (exact) mass is 480 g/mol. The molecule has 0 fully saturated rings. The summed E-state index contributed by atoms with van der Waals surface area (Å²) >= 11 is 0. The van der Waals surface area contributed by atoms with Gasteiger partial charge in [-0.1, -0.05) is 137 Å². The summed E-state index contributed by atoms with van der Waals surface area (Å²) in [4.78, 5) is 5.34. The summed E-state index contributed by atoms with van der Waals surface area (Å²) in [6, 6.07) is 33.3. The maximum Gasteiger partial charge on any atom is 0.123 e. The Morgan fingerprint density at radius 1 is 0.611 bits per heavy atom. The van der Waals surface area contributed by atoms with Gasteiger partial charge in [-0.2, -0.15) is 0 Å². The van der Waals surface area contributed by atoms with E-state index in [1.165, 1.54) is 55.2 Å². The number of rotatable bonds is 14. The van der Waals surface area contributed by atoms with Gasteiger partial charge in [0.15, 0.2) is 0 Å². The highest BCUT2D eigenvalue weighted by atomic mass is 15.4. The van der Waals surface area contributed by atoms with Crippen LogP contribution >= 0.6 is 0 Å². The minimum absolute atomic E-state index is 0.142. The van der Waals surface area contributed by atoms with Gasteiger partial charge in [-0.05, 0) is 29.5 Å². The molecule has 2 nitrogen and oxygen atoms in total. The lowest BCUT2D eigenvalue weighted by molar-refractivity contribution is -0.00767. The third-order valence-corrected chi connectivity index (χ3v) is 7.84. The topological polar surface area (TPSA) is 6.48 Å². The van der Waals surface area contributed by atoms with Crippen molar-refractivity contribution in [1.82, 2.24) is 9.80 Å². The molecule has 0 amide bonds. The minimum Gasteiger partial charge on any atom is -0.353 e. The van der Waals surface area contributed by atoms with E-state index in [2.05, 4.69) is 127 Å². The van der Waals surface area contributed by atoms with Crippen LogP contribution in [0.15, 0.2) is 103 Å². The summed E-state index contributed by atoms with van der Waals surface area (Å²) in [5.41, 5.74) is 4.06. The normalized spacial score (nSPS) is 18.1. The molecule has 2 atom stereocenters. The standard InChI is InChI=1S/C34H44N2/c1-3-5-6-7-8-18-25-35-26-27-36(29-31-21-14-10-15-22-31)34(35,28-30-19-12-9-13-20-30)33(4-2)32-23-16-11-17-24-32/h9-17,19-24,26-27,33H,3-8,18,25,28-29H2,1-2H3. The van der Waals surface area contributed by atoms with Gasteiger partial charge in [0.25, 0.3) is 0 Å². The maximum atomic E-state index is 2.70. The molecule has 0 aliphatic carbocycles. The van der Waals surface area contributed by atoms with Gasteiger partial charge in [-0.25, -0.2) is 0 Å². The average Bonchev–Trinajstić information content (AvgIpc) is 3.25. The second-order valence-electron chi connectivity index (χ2n) is 10.3. The quantitative estimate of drug-likeness (QED) is 0.213. The predicted molar refractivity (Wildman–Crippen MR) is 154 cm³/mol. The zero-order valence-corrected chi connectivity index (χ0v) is 22.4. The van der Waals surface area contributed by atoms with Crippen molar-refractivity contribution in [1.29, 1.82) is 0 Å². The first kappa shape index (κ1) is 26.1. The Morgan fingerprint density at radius 3 is 1.81 bits per heavy atom. The molecule has 0 spiro atoms. The van der Waals surface area contributed by atoms with Crippen LogP contribution in [0.25, 0.3) is 0 Å². The van der Waals surface area contributed by atoms with Crippen LogP contribution < -0.4 is 0 Å². The third-order valence-electron chi connectivity index (χ3n) is 7.84. The summed E-state index contributed by atoms with van der Waals surface area (Å²) in [6.07, 6.45) is 14.8. The molecular formula is C34H44N2. The third kappa shape index (κ3) is 6.22. The lowest BCUT2D eigenvalue weighted by atomic mass is 9.78. The lowest BCUT2D eigenvalue weighted by Gasteiger charge is -2.51. The zero-order valence-electron chi connectivity index (χ0n) is 22.4. The van der Waals surface area contributed by atoms with Gasteiger partial charge in [0, 0.05) is 37.8 Å². The molecule has 3 aromatic rings. The van der Waals surface area contributed by atoms with Gasteiger partial charge in [-0.3, -0.25) is 0 Å². The first-order valence-corrected chi connectivity index (χ1v) is 14.1. The van der Waals surface area contributed by atoms with Gasteiger partial charge in [-0.15, -0.1) is 0 Å². The Labute approximate surface area is 219 Å². The predicted octanol–water partition coefficient (Wildman–Crippen LogP) is 8.77. The molecular weight excluding hydrogens is 436 g/mol. The lowest BCUT2D eigenvalue weighted by Crippen LogP contribution is -2.59. The van der Waals surface area contributed by atoms with E-state index < -0.39 is 0 Å². The Balaban J connectivity index is 1.70. The van der Waals surface area contributed by atoms with E-state index in [0.717, 1.165) is 25.9 Å². The van der Waals surface area contributed by atoms with Crippen LogP contribution in [-0.4, -0.2) is 22.0 Å². The number of hydrogen-bond acceptors (Lipinski definition) is 2. The second kappa shape index (κ2) is 13.3. The van der Waals surface area contributed by atoms with Crippen molar-refractivity contribution in [3.05, 3.63) is 120 Å². The SMILES string of the molecule is CCCCCCCCN1C=CN(Cc2ccccc2)C1(Cc1ccccc1)C(CC)c1ccccc1. The van der Waals surface area contributed by atoms with E-state index in [-0.39, 0.29) is 5.66 Å². The van der Waals surface area contributed by atoms with Crippen molar-refractivity contribution in [2.45, 2.75) is 83.3 Å². The highest BCUT2D eigenvalue weighted by Gasteiger charge is 2.49. The summed E-state index contributed by atoms with van der Waals surface area (Å²) < 4.78 is 0. The molecule has 1 heterocycles. The van der Waals surface area contributed by atoms with E-state index in [0.29, 0.717) is 5.92 Å². The summed E-state index contributed by atoms with van der Waals surface area (Å²) in [5, 5.41) is 0. The largest absolute Gasteiger partial charge is 0.353 e. The summed E-state index contributed by atoms with van der Waals surface area (Å²) in [7, 11) is 0. The maximum absolute atomic E-state index is 2.70. The molecule has 1 aliphatic rings. The van der Waals surface area contributed by atoms with E-state index in [1.54, 1.807) is 0 Å². The molecule has 36 heavy (non-hydrogen) atoms. The molecule has 0 saturated heterocycles. The molecule has 4 rings (SSSR count). The van der Waals surface area contributed by atoms with Crippen molar-refractivity contribution in [2.24, 2.45) is 0 Å². The fourth-order valence-corrected chi connectivity index (χ4v) is 6.02. The number of unbranched alkanes of at least 4 members (excludes halogenated alkanes) is 5. The highest BCUT2D eigenvalue weighted by Crippen LogP contribution is 2.45. The van der Waals surface area contributed by atoms with Gasteiger partial charge in [0.05, 0.1) is 0 Å². The van der Waals surface area contributed by atoms with Crippen LogP contribution in [0.1, 0.15) is 81.4 Å². The Kier molecular flexibility index (Phi) is 9.67. The van der Waals surface area contributed by atoms with Crippen LogP contribution in [0.5, 0.6) is 0 Å². The van der Waals surface area contributed by atoms with Gasteiger partial charge >= 0.3 is 0 Å². The summed E-state index contributed by atoms with van der Waals surface area (Å²) in [6.45, 7) is 6.68. The van der Waals surface area contributed by atoms with Crippen molar-refractivity contribution in [3.63, 3.8) is 0 Å². The van der Waals surface area contributed by atoms with E-state index in [9.17, 15) is 0 Å². The number of nitrogens with zero attached hydrogens (tertiary/aromatic N) is 2. The Hall–Kier alpha value is -3.00. The minimum atomic E-state index is -0.142. The van der Waals surface area contributed by atoms with Crippen LogP contribution in [0.2, 0.25) is 0 Å². The van der Waals surface area contributed by atoms with Gasteiger partial charge in [0.2, 0.25) is 0 Å². The zero-order chi connectivity index (χ0) is 25.1. The first-order chi connectivity index (χ1) is 17.8. The van der Waals surface area contributed by atoms with Crippen molar-refractivity contribution < 1.29 is 0 Å². The highest BCUT2D eigenvalue weighted by molar-refractivity contribution is 5.31. The molecule has 2 heteroatoms. The average molecular weight is 481 g/mol. The van der Waals surface area contributed by atoms with Gasteiger partial charge < -0.3 is 9.80 Å². The van der Waals surface area contributed by atoms with Crippen molar-refractivity contribution in [3.8, 4) is 0 Å². The molecule has 0 bridgehead atoms. The van der Waals surface area contributed by atoms with Crippen LogP contribution in [0, 0.1) is 0 Å². The Morgan fingerprint density at radius 2 is 1.17 bits per heavy atom. The Bertz CT molecular complexity index is 1030. The summed E-state index contributed by atoms with van der Waals surface area (Å²) in [5.74, 6) is 0.387. The van der Waals surface area contributed by atoms with Gasteiger partial charge in [0.1, 0.15) is 5.66 Å². The molecule has 0 N–H and O–H groups in total. The van der Waals surface area contributed by atoms with E-state index in [1.807, 2.05) is 0 Å². The second-order valence-corrected chi connectivity index (χ2v) is 10.3. The number of benzene rings is 3. The molecule has 1 aliphatic heterocycles. The molecule has 0 radical (unpaired) electrons. The van der Waals surface area contributed by atoms with Crippen LogP contribution in [0.4, 0.5) is 0 Å². The van der Waals surface area contributed by atoms with E-state index >= 15 is 0 Å². The molecule has 0 aromatic heterocycles. The van der Waals surface area contributed by atoms with E-state index in [4.69, 9.17) is 0 Å². The number of hydrogen-bond donors (Lipinski definition) is 0. The molecule has 3 aromatic carbocycles. The smallest absolute Gasteiger partial charge is 0.123 e. The van der Waals surface area contributed by atoms with Crippen molar-refractivity contribution >= 4 is 0 Å².